The minimum absolute atomic E-state index is 0.604. The predicted molar refractivity (Wildman–Crippen MR) is 58.9 cm³/mol. The van der Waals surface area contributed by atoms with Crippen molar-refractivity contribution in [2.45, 2.75) is 39.5 Å². The topological polar surface area (TPSA) is 3.24 Å². The number of fused-ring (bicyclic) bond motifs is 1. The third-order valence-corrected chi connectivity index (χ3v) is 4.91. The van der Waals surface area contributed by atoms with E-state index in [-0.39, 0.29) is 0 Å². The minimum atomic E-state index is 0.604. The van der Waals surface area contributed by atoms with E-state index in [2.05, 4.69) is 24.8 Å². The van der Waals surface area contributed by atoms with Crippen molar-refractivity contribution >= 4 is 0 Å². The van der Waals surface area contributed by atoms with Crippen molar-refractivity contribution in [2.24, 2.45) is 17.3 Å². The van der Waals surface area contributed by atoms with Gasteiger partial charge >= 0.3 is 0 Å². The highest BCUT2D eigenvalue weighted by Gasteiger charge is 2.52. The molecular formula is C13H21N. The maximum Gasteiger partial charge on any atom is 0.0175 e. The molecule has 0 aromatic heterocycles. The first-order valence-corrected chi connectivity index (χ1v) is 6.14. The lowest BCUT2D eigenvalue weighted by Crippen LogP contribution is -2.50. The highest BCUT2D eigenvalue weighted by Crippen LogP contribution is 2.59. The number of nitrogens with zero attached hydrogens (tertiary/aromatic N) is 1. The van der Waals surface area contributed by atoms with Crippen LogP contribution in [0.2, 0.25) is 0 Å². The first kappa shape index (κ1) is 8.82. The van der Waals surface area contributed by atoms with Gasteiger partial charge in [0.1, 0.15) is 0 Å². The van der Waals surface area contributed by atoms with Crippen LogP contribution in [0.4, 0.5) is 0 Å². The lowest BCUT2D eigenvalue weighted by molar-refractivity contribution is -0.0231. The summed E-state index contributed by atoms with van der Waals surface area (Å²) < 4.78 is 0. The summed E-state index contributed by atoms with van der Waals surface area (Å²) in [5.41, 5.74) is 2.31. The van der Waals surface area contributed by atoms with Gasteiger partial charge in [-0.15, -0.1) is 0 Å². The van der Waals surface area contributed by atoms with Crippen LogP contribution in [0.25, 0.3) is 0 Å². The molecule has 2 fully saturated rings. The van der Waals surface area contributed by atoms with Gasteiger partial charge in [0.15, 0.2) is 0 Å². The minimum Gasteiger partial charge on any atom is -0.375 e. The van der Waals surface area contributed by atoms with E-state index in [1.54, 1.807) is 5.70 Å². The number of hydrogen-bond donors (Lipinski definition) is 0. The predicted octanol–water partition coefficient (Wildman–Crippen LogP) is 3.03. The Labute approximate surface area is 87.2 Å². The Morgan fingerprint density at radius 1 is 1.29 bits per heavy atom. The molecule has 1 saturated heterocycles. The standard InChI is InChI=1S/C13H21N/c1-13(2)10-5-6-12(11(13)9-10)14-7-3-4-8-14/h6,10-11H,3-5,7-9H2,1-2H3. The zero-order valence-corrected chi connectivity index (χ0v) is 9.42. The van der Waals surface area contributed by atoms with Gasteiger partial charge in [-0.25, -0.2) is 0 Å². The summed E-state index contributed by atoms with van der Waals surface area (Å²) in [5.74, 6) is 1.87. The van der Waals surface area contributed by atoms with Crippen LogP contribution in [-0.2, 0) is 0 Å². The molecule has 1 saturated carbocycles. The summed E-state index contributed by atoms with van der Waals surface area (Å²) in [6.07, 6.45) is 8.17. The molecule has 1 heteroatoms. The molecule has 2 unspecified atom stereocenters. The molecule has 3 aliphatic carbocycles. The molecule has 0 aromatic carbocycles. The highest BCUT2D eigenvalue weighted by atomic mass is 15.2. The Morgan fingerprint density at radius 3 is 2.57 bits per heavy atom. The summed E-state index contributed by atoms with van der Waals surface area (Å²) in [7, 11) is 0. The second-order valence-electron chi connectivity index (χ2n) is 5.87. The van der Waals surface area contributed by atoms with Crippen LogP contribution in [-0.4, -0.2) is 18.0 Å². The molecule has 1 aliphatic heterocycles. The van der Waals surface area contributed by atoms with Crippen LogP contribution >= 0.6 is 0 Å². The summed E-state index contributed by atoms with van der Waals surface area (Å²) in [4.78, 5) is 2.65. The molecule has 78 valence electrons. The summed E-state index contributed by atoms with van der Waals surface area (Å²) >= 11 is 0. The Balaban J connectivity index is 1.83. The van der Waals surface area contributed by atoms with Gasteiger partial charge in [0.2, 0.25) is 0 Å². The average Bonchev–Trinajstić information content (AvgIpc) is 2.70. The van der Waals surface area contributed by atoms with E-state index in [0.29, 0.717) is 5.41 Å². The van der Waals surface area contributed by atoms with Gasteiger partial charge in [-0.05, 0) is 37.0 Å². The molecular weight excluding hydrogens is 170 g/mol. The second-order valence-corrected chi connectivity index (χ2v) is 5.87. The van der Waals surface area contributed by atoms with Crippen molar-refractivity contribution in [1.82, 2.24) is 4.90 Å². The van der Waals surface area contributed by atoms with Crippen molar-refractivity contribution in [3.8, 4) is 0 Å². The number of allylic oxidation sites excluding steroid dienone is 2. The molecule has 0 aromatic rings. The van der Waals surface area contributed by atoms with Crippen LogP contribution in [0.5, 0.6) is 0 Å². The van der Waals surface area contributed by atoms with Crippen LogP contribution < -0.4 is 0 Å². The molecule has 0 radical (unpaired) electrons. The molecule has 0 N–H and O–H groups in total. The molecule has 14 heavy (non-hydrogen) atoms. The third-order valence-electron chi connectivity index (χ3n) is 4.91. The zero-order valence-electron chi connectivity index (χ0n) is 9.42. The lowest BCUT2D eigenvalue weighted by atomic mass is 9.50. The van der Waals surface area contributed by atoms with E-state index in [4.69, 9.17) is 0 Å². The third kappa shape index (κ3) is 1.01. The zero-order chi connectivity index (χ0) is 9.76. The first-order chi connectivity index (χ1) is 6.69. The molecule has 4 rings (SSSR count). The SMILES string of the molecule is CC1(C)C2CC=C(N3CCCC3)C1C2. The lowest BCUT2D eigenvalue weighted by Gasteiger charge is -2.57. The molecule has 2 atom stereocenters. The molecule has 2 bridgehead atoms. The fourth-order valence-corrected chi connectivity index (χ4v) is 3.65. The molecule has 0 spiro atoms. The molecule has 1 heterocycles. The van der Waals surface area contributed by atoms with E-state index in [1.807, 2.05) is 0 Å². The summed E-state index contributed by atoms with van der Waals surface area (Å²) in [6.45, 7) is 7.58. The normalized spacial score (nSPS) is 39.3. The van der Waals surface area contributed by atoms with E-state index in [0.717, 1.165) is 11.8 Å². The van der Waals surface area contributed by atoms with E-state index in [9.17, 15) is 0 Å². The van der Waals surface area contributed by atoms with E-state index in [1.165, 1.54) is 38.8 Å². The van der Waals surface area contributed by atoms with Crippen LogP contribution in [0.1, 0.15) is 39.5 Å². The molecule has 1 nitrogen and oxygen atoms in total. The number of likely N-dealkylation sites (tertiary alicyclic amines) is 1. The van der Waals surface area contributed by atoms with E-state index < -0.39 is 0 Å². The Morgan fingerprint density at radius 2 is 2.00 bits per heavy atom. The van der Waals surface area contributed by atoms with Crippen molar-refractivity contribution in [3.63, 3.8) is 0 Å². The van der Waals surface area contributed by atoms with Gasteiger partial charge in [0.25, 0.3) is 0 Å². The number of rotatable bonds is 1. The summed E-state index contributed by atoms with van der Waals surface area (Å²) in [6, 6.07) is 0. The van der Waals surface area contributed by atoms with Gasteiger partial charge < -0.3 is 4.90 Å². The van der Waals surface area contributed by atoms with Gasteiger partial charge in [0.05, 0.1) is 0 Å². The molecule has 0 amide bonds. The largest absolute Gasteiger partial charge is 0.375 e. The van der Waals surface area contributed by atoms with Crippen molar-refractivity contribution < 1.29 is 0 Å². The van der Waals surface area contributed by atoms with E-state index >= 15 is 0 Å². The fraction of sp³-hybridized carbons (Fsp3) is 0.846. The average molecular weight is 191 g/mol. The summed E-state index contributed by atoms with van der Waals surface area (Å²) in [5, 5.41) is 0. The Kier molecular flexibility index (Phi) is 1.75. The Hall–Kier alpha value is -0.460. The number of hydrogen-bond acceptors (Lipinski definition) is 1. The monoisotopic (exact) mass is 191 g/mol. The van der Waals surface area contributed by atoms with Crippen molar-refractivity contribution in [1.29, 1.82) is 0 Å². The van der Waals surface area contributed by atoms with Crippen LogP contribution in [0.3, 0.4) is 0 Å². The quantitative estimate of drug-likeness (QED) is 0.616. The first-order valence-electron chi connectivity index (χ1n) is 6.14. The van der Waals surface area contributed by atoms with Gasteiger partial charge in [-0.1, -0.05) is 19.9 Å². The highest BCUT2D eigenvalue weighted by molar-refractivity contribution is 5.22. The second kappa shape index (κ2) is 2.77. The van der Waals surface area contributed by atoms with Crippen molar-refractivity contribution in [2.75, 3.05) is 13.1 Å². The maximum absolute atomic E-state index is 2.65. The van der Waals surface area contributed by atoms with Crippen molar-refractivity contribution in [3.05, 3.63) is 11.8 Å². The molecule has 4 aliphatic rings. The van der Waals surface area contributed by atoms with Crippen LogP contribution in [0, 0.1) is 17.3 Å². The van der Waals surface area contributed by atoms with Gasteiger partial charge in [-0.3, -0.25) is 0 Å². The maximum atomic E-state index is 2.65. The van der Waals surface area contributed by atoms with Gasteiger partial charge in [0, 0.05) is 24.7 Å². The Bertz CT molecular complexity index is 271. The van der Waals surface area contributed by atoms with Crippen LogP contribution in [0.15, 0.2) is 11.8 Å². The fourth-order valence-electron chi connectivity index (χ4n) is 3.65. The smallest absolute Gasteiger partial charge is 0.0175 e. The van der Waals surface area contributed by atoms with Gasteiger partial charge in [-0.2, -0.15) is 0 Å².